The smallest absolute Gasteiger partial charge is 0.426 e. The van der Waals surface area contributed by atoms with Gasteiger partial charge < -0.3 is 9.47 Å². The summed E-state index contributed by atoms with van der Waals surface area (Å²) in [5, 5.41) is 0. The van der Waals surface area contributed by atoms with E-state index in [1.165, 1.54) is 12.1 Å². The molecule has 1 unspecified atom stereocenters. The van der Waals surface area contributed by atoms with Crippen LogP contribution >= 0.6 is 0 Å². The summed E-state index contributed by atoms with van der Waals surface area (Å²) >= 11 is 0. The predicted molar refractivity (Wildman–Crippen MR) is 83.2 cm³/mol. The fraction of sp³-hybridized carbons (Fsp3) is 0.429. The van der Waals surface area contributed by atoms with Crippen molar-refractivity contribution in [1.82, 2.24) is 0 Å². The van der Waals surface area contributed by atoms with E-state index in [1.807, 2.05) is 0 Å². The van der Waals surface area contributed by atoms with E-state index in [4.69, 9.17) is 17.1 Å². The third-order valence-corrected chi connectivity index (χ3v) is 3.66. The van der Waals surface area contributed by atoms with E-state index >= 15 is 0 Å². The highest BCUT2D eigenvalue weighted by molar-refractivity contribution is 7.85. The molecule has 1 aromatic carbocycles. The van der Waals surface area contributed by atoms with Gasteiger partial charge in [0, 0.05) is 0 Å². The molecule has 26 heavy (non-hydrogen) atoms. The van der Waals surface area contributed by atoms with E-state index in [-0.39, 0.29) is 11.9 Å². The minimum absolute atomic E-state index is 0.140. The molecule has 1 rings (SSSR count). The van der Waals surface area contributed by atoms with E-state index in [1.54, 1.807) is 12.1 Å². The Hall–Kier alpha value is -2.08. The average molecular weight is 394 g/mol. The van der Waals surface area contributed by atoms with Crippen LogP contribution in [0.15, 0.2) is 24.3 Å². The van der Waals surface area contributed by atoms with Crippen molar-refractivity contribution in [3.63, 3.8) is 0 Å². The molecule has 12 heteroatoms. The van der Waals surface area contributed by atoms with Gasteiger partial charge in [-0.2, -0.15) is 21.6 Å². The number of rotatable bonds is 8. The second kappa shape index (κ2) is 9.03. The summed E-state index contributed by atoms with van der Waals surface area (Å²) < 4.78 is 76.2. The van der Waals surface area contributed by atoms with E-state index in [0.717, 1.165) is 0 Å². The molecule has 1 aromatic rings. The number of hydrogen-bond acceptors (Lipinski definition) is 6. The maximum atomic E-state index is 12.6. The lowest BCUT2D eigenvalue weighted by Gasteiger charge is -2.19. The monoisotopic (exact) mass is 394 g/mol. The molecule has 0 aromatic heterocycles. The Balaban J connectivity index is 2.55. The number of halogens is 3. The van der Waals surface area contributed by atoms with Crippen molar-refractivity contribution in [1.29, 1.82) is 0 Å². The van der Waals surface area contributed by atoms with E-state index in [2.05, 4.69) is 4.74 Å². The Labute approximate surface area is 148 Å². The quantitative estimate of drug-likeness (QED) is 0.402. The number of carbonyl (C=O) groups excluding carboxylic acids is 2. The first-order valence-electron chi connectivity index (χ1n) is 7.10. The first-order valence-corrected chi connectivity index (χ1v) is 8.71. The topological polar surface area (TPSA) is 107 Å². The minimum Gasteiger partial charge on any atom is -0.461 e. The van der Waals surface area contributed by atoms with Crippen molar-refractivity contribution < 1.29 is 45.2 Å². The van der Waals surface area contributed by atoms with Gasteiger partial charge in [0.2, 0.25) is 6.10 Å². The number of ether oxygens (including phenoxy) is 2. The van der Waals surface area contributed by atoms with Crippen molar-refractivity contribution in [3.05, 3.63) is 35.4 Å². The van der Waals surface area contributed by atoms with Gasteiger partial charge in [-0.3, -0.25) is 9.35 Å². The highest BCUT2D eigenvalue weighted by atomic mass is 32.2. The van der Waals surface area contributed by atoms with Crippen molar-refractivity contribution >= 4 is 29.9 Å². The summed E-state index contributed by atoms with van der Waals surface area (Å²) in [5.74, 6) is -4.09. The molecule has 2 radical (unpaired) electrons. The Morgan fingerprint density at radius 3 is 2.46 bits per heavy atom. The molecular formula is C14H14BF3O7S. The van der Waals surface area contributed by atoms with Gasteiger partial charge in [-0.25, -0.2) is 4.79 Å². The zero-order valence-corrected chi connectivity index (χ0v) is 14.0. The molecular weight excluding hydrogens is 380 g/mol. The second-order valence-electron chi connectivity index (χ2n) is 5.06. The lowest BCUT2D eigenvalue weighted by molar-refractivity contribution is -0.215. The van der Waals surface area contributed by atoms with Gasteiger partial charge in [-0.1, -0.05) is 24.0 Å². The summed E-state index contributed by atoms with van der Waals surface area (Å²) in [6.45, 7) is -0.582. The normalized spacial score (nSPS) is 13.1. The lowest BCUT2D eigenvalue weighted by atomic mass is 9.96. The first-order chi connectivity index (χ1) is 11.9. The van der Waals surface area contributed by atoms with Crippen LogP contribution in [0.5, 0.6) is 0 Å². The maximum Gasteiger partial charge on any atom is 0.426 e. The van der Waals surface area contributed by atoms with E-state index in [9.17, 15) is 31.2 Å². The molecule has 0 spiro atoms. The number of hydrogen-bond donors (Lipinski definition) is 1. The number of benzene rings is 1. The Morgan fingerprint density at radius 1 is 1.27 bits per heavy atom. The highest BCUT2D eigenvalue weighted by Gasteiger charge is 2.45. The van der Waals surface area contributed by atoms with E-state index < -0.39 is 53.1 Å². The maximum absolute atomic E-state index is 12.6. The predicted octanol–water partition coefficient (Wildman–Crippen LogP) is 1.26. The second-order valence-corrected chi connectivity index (χ2v) is 6.56. The van der Waals surface area contributed by atoms with Crippen LogP contribution in [0.1, 0.15) is 22.3 Å². The Kier molecular flexibility index (Phi) is 7.63. The fourth-order valence-electron chi connectivity index (χ4n) is 1.74. The SMILES string of the molecule is [B]Cc1cccc(C(=O)OCCC(=O)OC(CS(=O)(=O)O)C(F)(F)F)c1. The molecule has 0 amide bonds. The molecule has 1 N–H and O–H groups in total. The molecule has 0 aliphatic carbocycles. The molecule has 142 valence electrons. The molecule has 0 aliphatic rings. The number of esters is 2. The lowest BCUT2D eigenvalue weighted by Crippen LogP contribution is -2.39. The van der Waals surface area contributed by atoms with Gasteiger partial charge in [0.05, 0.1) is 19.8 Å². The zero-order chi connectivity index (χ0) is 20.0. The molecule has 0 fully saturated rings. The third kappa shape index (κ3) is 7.87. The van der Waals surface area contributed by atoms with Crippen LogP contribution in [0.3, 0.4) is 0 Å². The summed E-state index contributed by atoms with van der Waals surface area (Å²) in [6.07, 6.45) is -8.77. The first kappa shape index (κ1) is 22.0. The van der Waals surface area contributed by atoms with Crippen LogP contribution in [0.4, 0.5) is 13.2 Å². The molecule has 0 bridgehead atoms. The molecule has 7 nitrogen and oxygen atoms in total. The zero-order valence-electron chi connectivity index (χ0n) is 13.2. The van der Waals surface area contributed by atoms with Crippen molar-refractivity contribution in [2.75, 3.05) is 12.4 Å². The van der Waals surface area contributed by atoms with Crippen LogP contribution in [-0.2, 0) is 30.7 Å². The fourth-order valence-corrected chi connectivity index (χ4v) is 2.38. The van der Waals surface area contributed by atoms with Gasteiger partial charge in [-0.15, -0.1) is 0 Å². The largest absolute Gasteiger partial charge is 0.461 e. The molecule has 0 aliphatic heterocycles. The van der Waals surface area contributed by atoms with Crippen LogP contribution in [-0.4, -0.2) is 57.4 Å². The highest BCUT2D eigenvalue weighted by Crippen LogP contribution is 2.24. The van der Waals surface area contributed by atoms with Gasteiger partial charge in [0.25, 0.3) is 10.1 Å². The van der Waals surface area contributed by atoms with Gasteiger partial charge >= 0.3 is 18.1 Å². The Morgan fingerprint density at radius 2 is 1.92 bits per heavy atom. The van der Waals surface area contributed by atoms with Crippen LogP contribution < -0.4 is 0 Å². The van der Waals surface area contributed by atoms with Gasteiger partial charge in [0.1, 0.15) is 12.4 Å². The van der Waals surface area contributed by atoms with Crippen molar-refractivity contribution in [2.45, 2.75) is 25.0 Å². The molecule has 0 heterocycles. The summed E-state index contributed by atoms with van der Waals surface area (Å²) in [6, 6.07) is 6.09. The van der Waals surface area contributed by atoms with Crippen LogP contribution in [0.2, 0.25) is 0 Å². The van der Waals surface area contributed by atoms with Crippen LogP contribution in [0, 0.1) is 0 Å². The summed E-state index contributed by atoms with van der Waals surface area (Å²) in [4.78, 5) is 23.2. The van der Waals surface area contributed by atoms with Gasteiger partial charge in [0.15, 0.2) is 0 Å². The molecule has 0 saturated heterocycles. The van der Waals surface area contributed by atoms with E-state index in [0.29, 0.717) is 5.56 Å². The standard InChI is InChI=1S/C14H14BF3O7S/c15-7-9-2-1-3-10(6-9)13(20)24-5-4-12(19)25-11(14(16,17)18)8-26(21,22)23/h1-3,6,11H,4-5,7-8H2,(H,21,22,23). The Bertz CT molecular complexity index is 749. The minimum atomic E-state index is -5.19. The molecule has 1 atom stereocenters. The molecule has 0 saturated carbocycles. The number of alkyl halides is 3. The third-order valence-electron chi connectivity index (χ3n) is 2.94. The van der Waals surface area contributed by atoms with Crippen molar-refractivity contribution in [2.24, 2.45) is 0 Å². The van der Waals surface area contributed by atoms with Crippen LogP contribution in [0.25, 0.3) is 0 Å². The summed E-state index contributed by atoms with van der Waals surface area (Å²) in [7, 11) is 0.397. The summed E-state index contributed by atoms with van der Waals surface area (Å²) in [5.41, 5.74) is 0.790. The van der Waals surface area contributed by atoms with Crippen molar-refractivity contribution in [3.8, 4) is 0 Å². The number of carbonyl (C=O) groups is 2. The van der Waals surface area contributed by atoms with Gasteiger partial charge in [-0.05, 0) is 12.1 Å². The average Bonchev–Trinajstić information content (AvgIpc) is 2.52.